The summed E-state index contributed by atoms with van der Waals surface area (Å²) in [5, 5.41) is 3.81. The van der Waals surface area contributed by atoms with Crippen molar-refractivity contribution in [2.45, 2.75) is 6.04 Å². The Labute approximate surface area is 207 Å². The highest BCUT2D eigenvalue weighted by Crippen LogP contribution is 2.48. The largest absolute Gasteiger partial charge is 0.483 e. The molecule has 2 aromatic carbocycles. The van der Waals surface area contributed by atoms with Crippen LogP contribution in [0.5, 0.6) is 0 Å². The number of ether oxygens (including phenoxy) is 3. The first kappa shape index (κ1) is 23.0. The van der Waals surface area contributed by atoms with Crippen LogP contribution in [0.15, 0.2) is 79.5 Å². The average Bonchev–Trinajstić information content (AvgIpc) is 3.25. The number of hydrogen-bond donors (Lipinski definition) is 1. The van der Waals surface area contributed by atoms with E-state index < -0.39 is 18.2 Å². The minimum Gasteiger partial charge on any atom is -0.483 e. The number of amides is 1. The van der Waals surface area contributed by atoms with E-state index in [0.717, 1.165) is 27.8 Å². The second kappa shape index (κ2) is 9.10. The topological polar surface area (TPSA) is 94.9 Å². The third kappa shape index (κ3) is 3.61. The van der Waals surface area contributed by atoms with Crippen LogP contribution in [-0.2, 0) is 14.2 Å². The van der Waals surface area contributed by atoms with E-state index in [1.165, 1.54) is 25.9 Å². The Balaban J connectivity index is 1.81. The molecule has 0 saturated carbocycles. The maximum Gasteiger partial charge on any atom is 0.419 e. The van der Waals surface area contributed by atoms with Crippen molar-refractivity contribution in [3.63, 3.8) is 0 Å². The van der Waals surface area contributed by atoms with Gasteiger partial charge in [0.2, 0.25) is 0 Å². The standard InChI is InChI=1S/C27H24N4O5/c1-16(34-2)29-18-11-9-17(10-12-18)24-21-15-30(26(32)35-3)25-23(21)20(13-14-28-25)19-7-5-6-8-22(19)31(24)27(33)36-4/h5-15,24,29H,1H2,2-4H3. The average molecular weight is 485 g/mol. The van der Waals surface area contributed by atoms with Gasteiger partial charge in [-0.1, -0.05) is 30.3 Å². The Morgan fingerprint density at radius 1 is 0.917 bits per heavy atom. The van der Waals surface area contributed by atoms with Crippen LogP contribution in [0.4, 0.5) is 21.0 Å². The number of anilines is 2. The number of methoxy groups -OCH3 is 3. The Bertz CT molecular complexity index is 1490. The van der Waals surface area contributed by atoms with E-state index >= 15 is 0 Å². The van der Waals surface area contributed by atoms with Gasteiger partial charge in [-0.25, -0.2) is 19.1 Å². The zero-order valence-corrected chi connectivity index (χ0v) is 20.0. The summed E-state index contributed by atoms with van der Waals surface area (Å²) in [4.78, 5) is 32.1. The lowest BCUT2D eigenvalue weighted by atomic mass is 9.96. The number of rotatable bonds is 4. The van der Waals surface area contributed by atoms with Crippen molar-refractivity contribution < 1.29 is 23.8 Å². The summed E-state index contributed by atoms with van der Waals surface area (Å²) in [6, 6.07) is 16.4. The molecule has 1 aliphatic heterocycles. The first-order chi connectivity index (χ1) is 17.5. The minimum absolute atomic E-state index is 0.402. The summed E-state index contributed by atoms with van der Waals surface area (Å²) in [7, 11) is 4.19. The molecular formula is C27H24N4O5. The highest BCUT2D eigenvalue weighted by atomic mass is 16.5. The molecule has 0 bridgehead atoms. The van der Waals surface area contributed by atoms with E-state index in [2.05, 4.69) is 16.9 Å². The van der Waals surface area contributed by atoms with Crippen LogP contribution in [0.3, 0.4) is 0 Å². The minimum atomic E-state index is -0.628. The molecular weight excluding hydrogens is 460 g/mol. The quantitative estimate of drug-likeness (QED) is 0.381. The predicted octanol–water partition coefficient (Wildman–Crippen LogP) is 5.52. The summed E-state index contributed by atoms with van der Waals surface area (Å²) in [5.41, 5.74) is 5.05. The van der Waals surface area contributed by atoms with Gasteiger partial charge in [-0.2, -0.15) is 0 Å². The smallest absolute Gasteiger partial charge is 0.419 e. The number of pyridine rings is 1. The zero-order chi connectivity index (χ0) is 25.4. The molecule has 2 aromatic heterocycles. The highest BCUT2D eigenvalue weighted by molar-refractivity contribution is 6.07. The summed E-state index contributed by atoms with van der Waals surface area (Å²) in [6.45, 7) is 3.79. The van der Waals surface area contributed by atoms with Crippen molar-refractivity contribution in [3.8, 4) is 11.1 Å². The Hall–Kier alpha value is -4.79. The summed E-state index contributed by atoms with van der Waals surface area (Å²) < 4.78 is 16.7. The van der Waals surface area contributed by atoms with Gasteiger partial charge in [0.15, 0.2) is 5.88 Å². The molecule has 0 spiro atoms. The lowest BCUT2D eigenvalue weighted by Gasteiger charge is -2.31. The molecule has 36 heavy (non-hydrogen) atoms. The van der Waals surface area contributed by atoms with Crippen molar-refractivity contribution in [2.24, 2.45) is 0 Å². The molecule has 0 aliphatic carbocycles. The second-order valence-electron chi connectivity index (χ2n) is 8.12. The van der Waals surface area contributed by atoms with E-state index in [4.69, 9.17) is 14.2 Å². The van der Waals surface area contributed by atoms with Crippen LogP contribution in [0.2, 0.25) is 0 Å². The Morgan fingerprint density at radius 2 is 1.64 bits per heavy atom. The van der Waals surface area contributed by atoms with Crippen LogP contribution >= 0.6 is 0 Å². The molecule has 1 unspecified atom stereocenters. The van der Waals surface area contributed by atoms with E-state index in [-0.39, 0.29) is 0 Å². The number of nitrogens with zero attached hydrogens (tertiary/aromatic N) is 3. The first-order valence-electron chi connectivity index (χ1n) is 11.1. The molecule has 182 valence electrons. The monoisotopic (exact) mass is 484 g/mol. The van der Waals surface area contributed by atoms with Crippen LogP contribution in [0.25, 0.3) is 22.2 Å². The molecule has 0 radical (unpaired) electrons. The zero-order valence-electron chi connectivity index (χ0n) is 20.0. The molecule has 5 rings (SSSR count). The van der Waals surface area contributed by atoms with Crippen molar-refractivity contribution in [2.75, 3.05) is 31.5 Å². The van der Waals surface area contributed by atoms with Crippen LogP contribution in [0, 0.1) is 0 Å². The summed E-state index contributed by atoms with van der Waals surface area (Å²) >= 11 is 0. The highest BCUT2D eigenvalue weighted by Gasteiger charge is 2.37. The molecule has 1 N–H and O–H groups in total. The van der Waals surface area contributed by atoms with Gasteiger partial charge in [0.05, 0.1) is 33.1 Å². The number of fused-ring (bicyclic) bond motifs is 2. The predicted molar refractivity (Wildman–Crippen MR) is 136 cm³/mol. The van der Waals surface area contributed by atoms with Crippen molar-refractivity contribution >= 4 is 34.6 Å². The number of benzene rings is 2. The maximum absolute atomic E-state index is 13.3. The fourth-order valence-corrected chi connectivity index (χ4v) is 4.63. The van der Waals surface area contributed by atoms with Crippen LogP contribution in [-0.4, -0.2) is 43.1 Å². The summed E-state index contributed by atoms with van der Waals surface area (Å²) in [6.07, 6.45) is 2.20. The van der Waals surface area contributed by atoms with E-state index in [9.17, 15) is 9.59 Å². The third-order valence-electron chi connectivity index (χ3n) is 6.22. The van der Waals surface area contributed by atoms with Gasteiger partial charge < -0.3 is 19.5 Å². The van der Waals surface area contributed by atoms with Crippen molar-refractivity contribution in [1.29, 1.82) is 0 Å². The normalized spacial score (nSPS) is 14.0. The number of para-hydroxylation sites is 1. The number of aromatic nitrogens is 2. The van der Waals surface area contributed by atoms with Crippen molar-refractivity contribution in [3.05, 3.63) is 90.6 Å². The second-order valence-corrected chi connectivity index (χ2v) is 8.12. The van der Waals surface area contributed by atoms with Gasteiger partial charge in [0.1, 0.15) is 5.65 Å². The number of carbonyl (C=O) groups is 2. The molecule has 0 fully saturated rings. The Morgan fingerprint density at radius 3 is 2.33 bits per heavy atom. The molecule has 1 atom stereocenters. The molecule has 3 heterocycles. The van der Waals surface area contributed by atoms with Gasteiger partial charge in [-0.15, -0.1) is 0 Å². The maximum atomic E-state index is 13.3. The van der Waals surface area contributed by atoms with E-state index in [1.807, 2.05) is 54.6 Å². The first-order valence-corrected chi connectivity index (χ1v) is 11.1. The number of hydrogen-bond acceptors (Lipinski definition) is 7. The number of nitrogens with one attached hydrogen (secondary N) is 1. The van der Waals surface area contributed by atoms with E-state index in [0.29, 0.717) is 22.8 Å². The Kier molecular flexibility index (Phi) is 5.81. The van der Waals surface area contributed by atoms with Crippen LogP contribution in [0.1, 0.15) is 17.2 Å². The fraction of sp³-hybridized carbons (Fsp3) is 0.148. The summed E-state index contributed by atoms with van der Waals surface area (Å²) in [5.74, 6) is 0.402. The van der Waals surface area contributed by atoms with Crippen molar-refractivity contribution in [1.82, 2.24) is 9.55 Å². The lowest BCUT2D eigenvalue weighted by Crippen LogP contribution is -2.35. The molecule has 9 heteroatoms. The van der Waals surface area contributed by atoms with Gasteiger partial charge in [0, 0.05) is 34.6 Å². The van der Waals surface area contributed by atoms with Gasteiger partial charge >= 0.3 is 12.2 Å². The molecule has 1 aliphatic rings. The van der Waals surface area contributed by atoms with Gasteiger partial charge in [-0.3, -0.25) is 4.90 Å². The van der Waals surface area contributed by atoms with Gasteiger partial charge in [0.25, 0.3) is 0 Å². The lowest BCUT2D eigenvalue weighted by molar-refractivity contribution is 0.174. The molecule has 1 amide bonds. The van der Waals surface area contributed by atoms with Crippen LogP contribution < -0.4 is 10.2 Å². The molecule has 9 nitrogen and oxygen atoms in total. The van der Waals surface area contributed by atoms with Gasteiger partial charge in [-0.05, 0) is 42.0 Å². The SMILES string of the molecule is C=C(Nc1ccc(C2c3cn(C(=O)OC)c4nccc(c34)-c3ccccc3N2C(=O)OC)cc1)OC. The fourth-order valence-electron chi connectivity index (χ4n) is 4.63. The molecule has 4 aromatic rings. The number of carbonyl (C=O) groups excluding carboxylic acids is 2. The molecule has 0 saturated heterocycles. The van der Waals surface area contributed by atoms with E-state index in [1.54, 1.807) is 17.3 Å². The third-order valence-corrected chi connectivity index (χ3v) is 6.22.